The number of hydrogen-bond acceptors (Lipinski definition) is 7. The third-order valence-corrected chi connectivity index (χ3v) is 4.92. The summed E-state index contributed by atoms with van der Waals surface area (Å²) in [5.74, 6) is -1.00. The van der Waals surface area contributed by atoms with Gasteiger partial charge in [0.15, 0.2) is 0 Å². The van der Waals surface area contributed by atoms with Gasteiger partial charge in [0.2, 0.25) is 0 Å². The summed E-state index contributed by atoms with van der Waals surface area (Å²) < 4.78 is 4.63. The molecular formula is C17H22N4O5. The van der Waals surface area contributed by atoms with Crippen LogP contribution in [0.1, 0.15) is 27.1 Å². The van der Waals surface area contributed by atoms with Crippen LogP contribution < -0.4 is 5.32 Å². The summed E-state index contributed by atoms with van der Waals surface area (Å²) in [5.41, 5.74) is -0.155. The largest absolute Gasteiger partial charge is 0.465 e. The molecule has 1 amide bonds. The Bertz CT molecular complexity index is 717. The highest BCUT2D eigenvalue weighted by Crippen LogP contribution is 2.23. The quantitative estimate of drug-likeness (QED) is 0.472. The van der Waals surface area contributed by atoms with Gasteiger partial charge in [0.1, 0.15) is 0 Å². The molecule has 2 heterocycles. The molecule has 0 aliphatic carbocycles. The number of nitrogens with zero attached hydrogens (tertiary/aromatic N) is 3. The SMILES string of the molecule is COC(=O)c1cc(C(=O)N2CCC(N3CCNCC3)C2)cc([N+](=O)[O-])c1. The molecule has 9 nitrogen and oxygen atoms in total. The molecule has 0 radical (unpaired) electrons. The van der Waals surface area contributed by atoms with Gasteiger partial charge in [-0.05, 0) is 12.5 Å². The maximum absolute atomic E-state index is 12.8. The summed E-state index contributed by atoms with van der Waals surface area (Å²) in [6.07, 6.45) is 0.879. The molecule has 1 N–H and O–H groups in total. The van der Waals surface area contributed by atoms with Crippen molar-refractivity contribution in [2.75, 3.05) is 46.4 Å². The second-order valence-electron chi connectivity index (χ2n) is 6.50. The fourth-order valence-electron chi connectivity index (χ4n) is 3.53. The Labute approximate surface area is 151 Å². The summed E-state index contributed by atoms with van der Waals surface area (Å²) in [4.78, 5) is 39.2. The highest BCUT2D eigenvalue weighted by Gasteiger charge is 2.32. The van der Waals surface area contributed by atoms with Crippen LogP contribution in [0.3, 0.4) is 0 Å². The van der Waals surface area contributed by atoms with E-state index >= 15 is 0 Å². The fourth-order valence-corrected chi connectivity index (χ4v) is 3.53. The Morgan fingerprint density at radius 3 is 2.54 bits per heavy atom. The number of amides is 1. The molecule has 1 atom stereocenters. The number of nitro benzene ring substituents is 1. The number of rotatable bonds is 4. The Balaban J connectivity index is 1.77. The topological polar surface area (TPSA) is 105 Å². The number of carbonyl (C=O) groups excluding carboxylic acids is 2. The average molecular weight is 362 g/mol. The van der Waals surface area contributed by atoms with E-state index in [1.807, 2.05) is 0 Å². The number of esters is 1. The van der Waals surface area contributed by atoms with Crippen molar-refractivity contribution in [2.45, 2.75) is 12.5 Å². The monoisotopic (exact) mass is 362 g/mol. The molecule has 0 aromatic heterocycles. The molecule has 0 bridgehead atoms. The molecule has 2 fully saturated rings. The predicted molar refractivity (Wildman–Crippen MR) is 93.2 cm³/mol. The lowest BCUT2D eigenvalue weighted by atomic mass is 10.1. The van der Waals surface area contributed by atoms with Gasteiger partial charge in [-0.2, -0.15) is 0 Å². The van der Waals surface area contributed by atoms with E-state index in [4.69, 9.17) is 0 Å². The molecule has 0 spiro atoms. The predicted octanol–water partition coefficient (Wildman–Crippen LogP) is 0.501. The number of piperazine rings is 1. The van der Waals surface area contributed by atoms with Crippen molar-refractivity contribution < 1.29 is 19.2 Å². The molecule has 2 aliphatic rings. The van der Waals surface area contributed by atoms with Crippen molar-refractivity contribution in [2.24, 2.45) is 0 Å². The second-order valence-corrected chi connectivity index (χ2v) is 6.50. The van der Waals surface area contributed by atoms with Gasteiger partial charge in [-0.15, -0.1) is 0 Å². The molecule has 2 aliphatic heterocycles. The minimum atomic E-state index is -0.706. The van der Waals surface area contributed by atoms with Gasteiger partial charge < -0.3 is 15.0 Å². The van der Waals surface area contributed by atoms with Crippen LogP contribution in [0.2, 0.25) is 0 Å². The zero-order valence-corrected chi connectivity index (χ0v) is 14.6. The van der Waals surface area contributed by atoms with Crippen molar-refractivity contribution in [3.05, 3.63) is 39.4 Å². The highest BCUT2D eigenvalue weighted by molar-refractivity contribution is 5.99. The van der Waals surface area contributed by atoms with Crippen molar-refractivity contribution in [1.29, 1.82) is 0 Å². The number of non-ortho nitro benzene ring substituents is 1. The van der Waals surface area contributed by atoms with Gasteiger partial charge in [-0.1, -0.05) is 0 Å². The maximum atomic E-state index is 12.8. The van der Waals surface area contributed by atoms with Gasteiger partial charge in [0, 0.05) is 63.0 Å². The summed E-state index contributed by atoms with van der Waals surface area (Å²) in [6, 6.07) is 4.00. The molecule has 140 valence electrons. The Hall–Kier alpha value is -2.52. The summed E-state index contributed by atoms with van der Waals surface area (Å²) in [7, 11) is 1.20. The van der Waals surface area contributed by atoms with Gasteiger partial charge in [0.05, 0.1) is 17.6 Å². The van der Waals surface area contributed by atoms with E-state index in [9.17, 15) is 19.7 Å². The average Bonchev–Trinajstić information content (AvgIpc) is 3.17. The van der Waals surface area contributed by atoms with Crippen molar-refractivity contribution >= 4 is 17.6 Å². The van der Waals surface area contributed by atoms with Crippen molar-refractivity contribution in [3.8, 4) is 0 Å². The third kappa shape index (κ3) is 3.83. The van der Waals surface area contributed by atoms with Crippen molar-refractivity contribution in [3.63, 3.8) is 0 Å². The number of nitrogens with one attached hydrogen (secondary N) is 1. The summed E-state index contributed by atoms with van der Waals surface area (Å²) in [5, 5.41) is 14.4. The smallest absolute Gasteiger partial charge is 0.338 e. The van der Waals surface area contributed by atoms with E-state index in [2.05, 4.69) is 15.0 Å². The fraction of sp³-hybridized carbons (Fsp3) is 0.529. The van der Waals surface area contributed by atoms with Crippen LogP contribution in [-0.4, -0.2) is 79.0 Å². The molecule has 9 heteroatoms. The standard InChI is InChI=1S/C17H22N4O5/c1-26-17(23)13-8-12(9-15(10-13)21(24)25)16(22)20-5-2-14(11-20)19-6-3-18-4-7-19/h8-10,14,18H,2-7,11H2,1H3. The van der Waals surface area contributed by atoms with E-state index in [1.54, 1.807) is 4.90 Å². The van der Waals surface area contributed by atoms with Crippen LogP contribution in [0.4, 0.5) is 5.69 Å². The van der Waals surface area contributed by atoms with Crippen LogP contribution in [0.25, 0.3) is 0 Å². The Morgan fingerprint density at radius 1 is 1.19 bits per heavy atom. The van der Waals surface area contributed by atoms with Crippen LogP contribution in [-0.2, 0) is 4.74 Å². The summed E-state index contributed by atoms with van der Waals surface area (Å²) >= 11 is 0. The molecule has 1 aromatic rings. The third-order valence-electron chi connectivity index (χ3n) is 4.92. The van der Waals surface area contributed by atoms with E-state index < -0.39 is 10.9 Å². The number of methoxy groups -OCH3 is 1. The molecule has 0 saturated carbocycles. The lowest BCUT2D eigenvalue weighted by Gasteiger charge is -2.32. The van der Waals surface area contributed by atoms with Gasteiger partial charge in [-0.3, -0.25) is 19.8 Å². The first-order valence-electron chi connectivity index (χ1n) is 8.61. The van der Waals surface area contributed by atoms with E-state index in [1.165, 1.54) is 19.2 Å². The first-order valence-corrected chi connectivity index (χ1v) is 8.61. The molecular weight excluding hydrogens is 340 g/mol. The number of ether oxygens (including phenoxy) is 1. The lowest BCUT2D eigenvalue weighted by molar-refractivity contribution is -0.384. The highest BCUT2D eigenvalue weighted by atomic mass is 16.6. The number of nitro groups is 1. The van der Waals surface area contributed by atoms with Crippen LogP contribution in [0, 0.1) is 10.1 Å². The van der Waals surface area contributed by atoms with E-state index in [0.29, 0.717) is 19.1 Å². The van der Waals surface area contributed by atoms with E-state index in [-0.39, 0.29) is 22.7 Å². The van der Waals surface area contributed by atoms with Crippen molar-refractivity contribution in [1.82, 2.24) is 15.1 Å². The van der Waals surface area contributed by atoms with Crippen LogP contribution in [0.15, 0.2) is 18.2 Å². The number of likely N-dealkylation sites (tertiary alicyclic amines) is 1. The number of carbonyl (C=O) groups is 2. The zero-order chi connectivity index (χ0) is 18.7. The lowest BCUT2D eigenvalue weighted by Crippen LogP contribution is -2.49. The molecule has 26 heavy (non-hydrogen) atoms. The summed E-state index contributed by atoms with van der Waals surface area (Å²) in [6.45, 7) is 4.99. The molecule has 2 saturated heterocycles. The molecule has 1 unspecified atom stereocenters. The minimum Gasteiger partial charge on any atom is -0.465 e. The minimum absolute atomic E-state index is 0.00269. The Kier molecular flexibility index (Phi) is 5.48. The van der Waals surface area contributed by atoms with Gasteiger partial charge in [0.25, 0.3) is 11.6 Å². The van der Waals surface area contributed by atoms with Gasteiger partial charge >= 0.3 is 5.97 Å². The second kappa shape index (κ2) is 7.79. The van der Waals surface area contributed by atoms with Gasteiger partial charge in [-0.25, -0.2) is 4.79 Å². The van der Waals surface area contributed by atoms with Crippen LogP contribution >= 0.6 is 0 Å². The normalized spacial score (nSPS) is 20.8. The molecule has 3 rings (SSSR count). The first-order chi connectivity index (χ1) is 12.5. The Morgan fingerprint density at radius 2 is 1.88 bits per heavy atom. The van der Waals surface area contributed by atoms with E-state index in [0.717, 1.165) is 38.7 Å². The first kappa shape index (κ1) is 18.3. The molecule has 1 aromatic carbocycles. The zero-order valence-electron chi connectivity index (χ0n) is 14.6. The van der Waals surface area contributed by atoms with Crippen LogP contribution in [0.5, 0.6) is 0 Å². The number of benzene rings is 1. The number of hydrogen-bond donors (Lipinski definition) is 1. The maximum Gasteiger partial charge on any atom is 0.338 e.